The molecule has 3 aliphatic rings. The second-order valence-electron chi connectivity index (χ2n) is 10.5. The van der Waals surface area contributed by atoms with Gasteiger partial charge in [0.2, 0.25) is 0 Å². The van der Waals surface area contributed by atoms with E-state index in [0.717, 1.165) is 30.4 Å². The zero-order valence-corrected chi connectivity index (χ0v) is 22.9. The lowest BCUT2D eigenvalue weighted by atomic mass is 9.94. The van der Waals surface area contributed by atoms with Crippen LogP contribution in [0.3, 0.4) is 0 Å². The number of carbonyl (C=O) groups is 3. The van der Waals surface area contributed by atoms with Gasteiger partial charge in [-0.3, -0.25) is 0 Å². The van der Waals surface area contributed by atoms with E-state index in [-0.39, 0.29) is 23.3 Å². The highest BCUT2D eigenvalue weighted by Gasteiger charge is 2.64. The third kappa shape index (κ3) is 7.09. The van der Waals surface area contributed by atoms with Crippen molar-refractivity contribution in [3.8, 4) is 0 Å². The number of carbonyl (C=O) groups excluding carboxylic acids is 3. The van der Waals surface area contributed by atoms with E-state index in [4.69, 9.17) is 9.47 Å². The van der Waals surface area contributed by atoms with Crippen LogP contribution in [0, 0.1) is 17.3 Å². The third-order valence-electron chi connectivity index (χ3n) is 7.15. The minimum absolute atomic E-state index is 0.126. The summed E-state index contributed by atoms with van der Waals surface area (Å²) in [5, 5.41) is 0. The molecule has 2 bridgehead atoms. The molecule has 3 unspecified atom stereocenters. The Morgan fingerprint density at radius 3 is 1.82 bits per heavy atom. The summed E-state index contributed by atoms with van der Waals surface area (Å²) in [5.41, 5.74) is -1.60. The second-order valence-corrected chi connectivity index (χ2v) is 13.3. The number of hydrogen-bond acceptors (Lipinski definition) is 8. The quantitative estimate of drug-likeness (QED) is 0.168. The van der Waals surface area contributed by atoms with E-state index in [1.54, 1.807) is 0 Å². The summed E-state index contributed by atoms with van der Waals surface area (Å²) in [7, 11) is 0. The molecule has 3 rings (SSSR count). The number of rotatable bonds is 10. The van der Waals surface area contributed by atoms with E-state index in [2.05, 4.69) is 4.74 Å². The zero-order chi connectivity index (χ0) is 30.4. The van der Waals surface area contributed by atoms with E-state index in [1.807, 2.05) is 0 Å². The Kier molecular flexibility index (Phi) is 9.31. The van der Waals surface area contributed by atoms with Crippen LogP contribution in [-0.4, -0.2) is 76.8 Å². The van der Waals surface area contributed by atoms with Crippen LogP contribution in [0.4, 0.5) is 39.5 Å². The molecule has 230 valence electrons. The Labute approximate surface area is 231 Å². The third-order valence-corrected chi connectivity index (χ3v) is 11.4. The van der Waals surface area contributed by atoms with Gasteiger partial charge in [0, 0.05) is 24.9 Å². The predicted octanol–water partition coefficient (Wildman–Crippen LogP) is 5.87. The lowest BCUT2D eigenvalue weighted by Gasteiger charge is -2.49. The van der Waals surface area contributed by atoms with Gasteiger partial charge in [0.05, 0.1) is 5.41 Å². The maximum atomic E-state index is 13.8. The molecular formula is C23H27F9O6S2. The highest BCUT2D eigenvalue weighted by molar-refractivity contribution is 8.19. The van der Waals surface area contributed by atoms with Crippen molar-refractivity contribution >= 4 is 41.4 Å². The first-order valence-electron chi connectivity index (χ1n) is 12.2. The molecule has 0 aromatic rings. The van der Waals surface area contributed by atoms with E-state index in [1.165, 1.54) is 0 Å². The van der Waals surface area contributed by atoms with Gasteiger partial charge in [-0.25, -0.2) is 14.4 Å². The van der Waals surface area contributed by atoms with Crippen LogP contribution in [0.25, 0.3) is 0 Å². The van der Waals surface area contributed by atoms with Crippen molar-refractivity contribution in [1.82, 2.24) is 0 Å². The Morgan fingerprint density at radius 2 is 1.35 bits per heavy atom. The van der Waals surface area contributed by atoms with Crippen molar-refractivity contribution in [3.63, 3.8) is 0 Å². The first-order chi connectivity index (χ1) is 18.2. The molecule has 6 nitrogen and oxygen atoms in total. The standard InChI is InChI=1S/C23H27F9O6S2/c1-3-20(26,27)16(34)36-8-19(9-37-17(35)21(28,29)7-22(30,31)32)10-39-23(40-11-19)13-5-4-12(6-13)14(23)38-15(33)18(2,24)25/h12-14H,3-11H2,1-2H3. The average molecular weight is 635 g/mol. The van der Waals surface area contributed by atoms with Crippen LogP contribution in [-0.2, 0) is 28.6 Å². The fourth-order valence-electron chi connectivity index (χ4n) is 4.95. The number of thioether (sulfide) groups is 2. The van der Waals surface area contributed by atoms with E-state index < -0.39 is 83.5 Å². The molecule has 0 aromatic carbocycles. The SMILES string of the molecule is CCC(F)(F)C(=O)OCC1(COC(=O)C(F)(F)CC(F)(F)F)CSC2(SC1)C1CCC(C1)C2OC(=O)C(C)(F)F. The summed E-state index contributed by atoms with van der Waals surface area (Å²) >= 11 is 2.08. The maximum Gasteiger partial charge on any atom is 0.395 e. The van der Waals surface area contributed by atoms with Crippen molar-refractivity contribution in [3.05, 3.63) is 0 Å². The number of hydrogen-bond donors (Lipinski definition) is 0. The first kappa shape index (κ1) is 33.0. The molecular weight excluding hydrogens is 607 g/mol. The Morgan fingerprint density at radius 1 is 0.825 bits per heavy atom. The number of esters is 3. The van der Waals surface area contributed by atoms with Gasteiger partial charge in [0.1, 0.15) is 29.8 Å². The van der Waals surface area contributed by atoms with Crippen LogP contribution < -0.4 is 0 Å². The molecule has 3 atom stereocenters. The average Bonchev–Trinajstić information content (AvgIpc) is 3.42. The fourth-order valence-corrected chi connectivity index (χ4v) is 9.08. The second kappa shape index (κ2) is 11.3. The van der Waals surface area contributed by atoms with Crippen molar-refractivity contribution in [2.75, 3.05) is 24.7 Å². The summed E-state index contributed by atoms with van der Waals surface area (Å²) in [6, 6.07) is 0. The van der Waals surface area contributed by atoms with Crippen molar-refractivity contribution in [1.29, 1.82) is 0 Å². The van der Waals surface area contributed by atoms with Crippen LogP contribution in [0.1, 0.15) is 46.0 Å². The molecule has 0 aromatic heterocycles. The van der Waals surface area contributed by atoms with Crippen molar-refractivity contribution < 1.29 is 68.1 Å². The normalized spacial score (nSPS) is 30.8. The Balaban J connectivity index is 1.80. The molecule has 3 fully saturated rings. The lowest BCUT2D eigenvalue weighted by molar-refractivity contribution is -0.210. The fraction of sp³-hybridized carbons (Fsp3) is 0.870. The van der Waals surface area contributed by atoms with Gasteiger partial charge < -0.3 is 14.2 Å². The molecule has 2 saturated carbocycles. The van der Waals surface area contributed by atoms with Crippen molar-refractivity contribution in [2.24, 2.45) is 17.3 Å². The first-order valence-corrected chi connectivity index (χ1v) is 14.2. The van der Waals surface area contributed by atoms with Crippen LogP contribution in [0.5, 0.6) is 0 Å². The number of ether oxygens (including phenoxy) is 3. The molecule has 2 aliphatic carbocycles. The van der Waals surface area contributed by atoms with Gasteiger partial charge in [-0.2, -0.15) is 39.5 Å². The van der Waals surface area contributed by atoms with E-state index >= 15 is 0 Å². The van der Waals surface area contributed by atoms with Crippen LogP contribution >= 0.6 is 23.5 Å². The maximum absolute atomic E-state index is 13.8. The molecule has 1 heterocycles. The summed E-state index contributed by atoms with van der Waals surface area (Å²) < 4.78 is 133. The summed E-state index contributed by atoms with van der Waals surface area (Å²) in [5.74, 6) is -19.6. The predicted molar refractivity (Wildman–Crippen MR) is 124 cm³/mol. The van der Waals surface area contributed by atoms with Gasteiger partial charge in [-0.15, -0.1) is 23.5 Å². The van der Waals surface area contributed by atoms with Gasteiger partial charge in [-0.1, -0.05) is 6.92 Å². The minimum Gasteiger partial charge on any atom is -0.460 e. The van der Waals surface area contributed by atoms with Gasteiger partial charge in [0.25, 0.3) is 0 Å². The summed E-state index contributed by atoms with van der Waals surface area (Å²) in [6.07, 6.45) is -8.27. The molecule has 1 spiro atoms. The Hall–Kier alpha value is -1.52. The summed E-state index contributed by atoms with van der Waals surface area (Å²) in [4.78, 5) is 35.7. The summed E-state index contributed by atoms with van der Waals surface area (Å²) in [6.45, 7) is -0.480. The van der Waals surface area contributed by atoms with Gasteiger partial charge >= 0.3 is 41.9 Å². The van der Waals surface area contributed by atoms with Crippen molar-refractivity contribution in [2.45, 2.75) is 80.1 Å². The largest absolute Gasteiger partial charge is 0.460 e. The van der Waals surface area contributed by atoms with Gasteiger partial charge in [0.15, 0.2) is 0 Å². The van der Waals surface area contributed by atoms with E-state index in [0.29, 0.717) is 26.2 Å². The smallest absolute Gasteiger partial charge is 0.395 e. The lowest BCUT2D eigenvalue weighted by Crippen LogP contribution is -2.53. The number of fused-ring (bicyclic) bond motifs is 3. The molecule has 1 saturated heterocycles. The van der Waals surface area contributed by atoms with Gasteiger partial charge in [-0.05, 0) is 31.1 Å². The minimum atomic E-state index is -5.39. The highest BCUT2D eigenvalue weighted by atomic mass is 32.2. The number of alkyl halides is 9. The van der Waals surface area contributed by atoms with E-state index in [9.17, 15) is 53.9 Å². The molecule has 17 heteroatoms. The monoisotopic (exact) mass is 634 g/mol. The molecule has 0 radical (unpaired) electrons. The molecule has 40 heavy (non-hydrogen) atoms. The van der Waals surface area contributed by atoms with Crippen LogP contribution in [0.2, 0.25) is 0 Å². The highest BCUT2D eigenvalue weighted by Crippen LogP contribution is 2.66. The molecule has 0 N–H and O–H groups in total. The number of halogens is 9. The van der Waals surface area contributed by atoms with Crippen LogP contribution in [0.15, 0.2) is 0 Å². The zero-order valence-electron chi connectivity index (χ0n) is 21.3. The molecule has 0 amide bonds. The molecule has 1 aliphatic heterocycles. The topological polar surface area (TPSA) is 78.9 Å². The Bertz CT molecular complexity index is 977.